The molecule has 84 valence electrons. The van der Waals surface area contributed by atoms with Crippen molar-refractivity contribution in [1.29, 1.82) is 0 Å². The van der Waals surface area contributed by atoms with E-state index in [4.69, 9.17) is 17.3 Å². The molecule has 0 fully saturated rings. The van der Waals surface area contributed by atoms with Crippen LogP contribution in [-0.2, 0) is 13.0 Å². The maximum absolute atomic E-state index is 9.81. The molecule has 1 aliphatic rings. The molecule has 2 heterocycles. The van der Waals surface area contributed by atoms with Crippen molar-refractivity contribution in [3.8, 4) is 0 Å². The summed E-state index contributed by atoms with van der Waals surface area (Å²) in [5, 5.41) is 10.4. The van der Waals surface area contributed by atoms with E-state index in [9.17, 15) is 5.11 Å². The van der Waals surface area contributed by atoms with Crippen molar-refractivity contribution in [1.82, 2.24) is 9.55 Å². The molecule has 0 bridgehead atoms. The summed E-state index contributed by atoms with van der Waals surface area (Å²) in [6.45, 7) is 1.36. The molecule has 0 aromatic carbocycles. The number of halogens is 1. The second-order valence-corrected chi connectivity index (χ2v) is 4.26. The number of aliphatic hydroxyl groups excluding tert-OH is 1. The maximum Gasteiger partial charge on any atom is 0.134 e. The highest BCUT2D eigenvalue weighted by molar-refractivity contribution is 6.30. The fraction of sp³-hybridized carbons (Fsp3) is 0.700. The Balaban J connectivity index is 2.28. The lowest BCUT2D eigenvalue weighted by Crippen LogP contribution is -2.10. The van der Waals surface area contributed by atoms with E-state index in [2.05, 4.69) is 4.98 Å². The van der Waals surface area contributed by atoms with Crippen LogP contribution in [0.25, 0.3) is 0 Å². The van der Waals surface area contributed by atoms with Gasteiger partial charge in [0.1, 0.15) is 22.8 Å². The molecule has 0 aliphatic carbocycles. The van der Waals surface area contributed by atoms with Crippen molar-refractivity contribution in [2.45, 2.75) is 38.3 Å². The molecular formula is C10H16ClN3O. The predicted octanol–water partition coefficient (Wildman–Crippen LogP) is 1.26. The zero-order valence-electron chi connectivity index (χ0n) is 8.62. The standard InChI is InChI=1S/C10H16ClN3O/c11-10-9(7(15)4-5-12)13-8-3-1-2-6-14(8)10/h7,15H,1-6,12H2. The monoisotopic (exact) mass is 229 g/mol. The third-order valence-electron chi connectivity index (χ3n) is 2.80. The van der Waals surface area contributed by atoms with E-state index in [-0.39, 0.29) is 0 Å². The number of hydrogen-bond donors (Lipinski definition) is 2. The molecule has 15 heavy (non-hydrogen) atoms. The van der Waals surface area contributed by atoms with E-state index in [0.29, 0.717) is 23.8 Å². The van der Waals surface area contributed by atoms with Crippen LogP contribution in [0.5, 0.6) is 0 Å². The van der Waals surface area contributed by atoms with E-state index in [1.54, 1.807) is 0 Å². The van der Waals surface area contributed by atoms with Gasteiger partial charge >= 0.3 is 0 Å². The van der Waals surface area contributed by atoms with Gasteiger partial charge in [-0.05, 0) is 25.8 Å². The molecule has 0 radical (unpaired) electrons. The average molecular weight is 230 g/mol. The van der Waals surface area contributed by atoms with E-state index < -0.39 is 6.10 Å². The number of fused-ring (bicyclic) bond motifs is 1. The quantitative estimate of drug-likeness (QED) is 0.820. The molecule has 3 N–H and O–H groups in total. The number of aliphatic hydroxyl groups is 1. The largest absolute Gasteiger partial charge is 0.387 e. The van der Waals surface area contributed by atoms with Crippen molar-refractivity contribution in [3.05, 3.63) is 16.7 Å². The number of nitrogens with zero attached hydrogens (tertiary/aromatic N) is 2. The Morgan fingerprint density at radius 1 is 1.53 bits per heavy atom. The van der Waals surface area contributed by atoms with Gasteiger partial charge in [0, 0.05) is 13.0 Å². The van der Waals surface area contributed by atoms with Crippen molar-refractivity contribution < 1.29 is 5.11 Å². The molecular weight excluding hydrogens is 214 g/mol. The fourth-order valence-corrected chi connectivity index (χ4v) is 2.33. The minimum absolute atomic E-state index is 0.444. The number of aromatic nitrogens is 2. The first-order chi connectivity index (χ1) is 7.24. The van der Waals surface area contributed by atoms with Crippen LogP contribution in [-0.4, -0.2) is 21.2 Å². The number of rotatable bonds is 3. The maximum atomic E-state index is 9.81. The van der Waals surface area contributed by atoms with Gasteiger partial charge in [0.05, 0.1) is 0 Å². The van der Waals surface area contributed by atoms with Crippen molar-refractivity contribution >= 4 is 11.6 Å². The molecule has 0 saturated carbocycles. The van der Waals surface area contributed by atoms with Gasteiger partial charge < -0.3 is 15.4 Å². The Morgan fingerprint density at radius 3 is 3.00 bits per heavy atom. The summed E-state index contributed by atoms with van der Waals surface area (Å²) in [5.74, 6) is 0.998. The molecule has 2 rings (SSSR count). The van der Waals surface area contributed by atoms with E-state index in [1.807, 2.05) is 4.57 Å². The van der Waals surface area contributed by atoms with Crippen molar-refractivity contribution in [2.75, 3.05) is 6.54 Å². The average Bonchev–Trinajstić information content (AvgIpc) is 2.57. The number of imidazole rings is 1. The zero-order valence-corrected chi connectivity index (χ0v) is 9.37. The van der Waals surface area contributed by atoms with Crippen molar-refractivity contribution in [2.24, 2.45) is 5.73 Å². The molecule has 0 spiro atoms. The van der Waals surface area contributed by atoms with Crippen LogP contribution in [0, 0.1) is 0 Å². The molecule has 4 nitrogen and oxygen atoms in total. The SMILES string of the molecule is NCCC(O)c1nc2n(c1Cl)CCCC2. The van der Waals surface area contributed by atoms with Gasteiger partial charge in [0.25, 0.3) is 0 Å². The highest BCUT2D eigenvalue weighted by Crippen LogP contribution is 2.28. The second-order valence-electron chi connectivity index (χ2n) is 3.91. The van der Waals surface area contributed by atoms with Crippen LogP contribution in [0.15, 0.2) is 0 Å². The third kappa shape index (κ3) is 2.02. The smallest absolute Gasteiger partial charge is 0.134 e. The van der Waals surface area contributed by atoms with Gasteiger partial charge in [0.15, 0.2) is 0 Å². The molecule has 1 aromatic heterocycles. The first-order valence-corrected chi connectivity index (χ1v) is 5.74. The van der Waals surface area contributed by atoms with Crippen LogP contribution < -0.4 is 5.73 Å². The number of nitrogens with two attached hydrogens (primary N) is 1. The summed E-state index contributed by atoms with van der Waals surface area (Å²) in [5.41, 5.74) is 6.00. The van der Waals surface area contributed by atoms with Gasteiger partial charge in [-0.3, -0.25) is 0 Å². The number of aryl methyl sites for hydroxylation is 1. The van der Waals surface area contributed by atoms with Gasteiger partial charge in [0.2, 0.25) is 0 Å². The molecule has 0 amide bonds. The van der Waals surface area contributed by atoms with Gasteiger partial charge in [-0.15, -0.1) is 0 Å². The summed E-state index contributed by atoms with van der Waals surface area (Å²) in [6, 6.07) is 0. The van der Waals surface area contributed by atoms with Crippen LogP contribution in [0.2, 0.25) is 5.15 Å². The summed E-state index contributed by atoms with van der Waals surface area (Å²) in [4.78, 5) is 4.39. The Hall–Kier alpha value is -0.580. The second kappa shape index (κ2) is 4.51. The summed E-state index contributed by atoms with van der Waals surface area (Å²) in [6.07, 6.45) is 3.13. The Morgan fingerprint density at radius 2 is 2.33 bits per heavy atom. The first-order valence-electron chi connectivity index (χ1n) is 5.37. The summed E-state index contributed by atoms with van der Waals surface area (Å²) >= 11 is 6.17. The molecule has 1 aliphatic heterocycles. The zero-order chi connectivity index (χ0) is 10.8. The molecule has 1 unspecified atom stereocenters. The number of hydrogen-bond acceptors (Lipinski definition) is 3. The van der Waals surface area contributed by atoms with Crippen LogP contribution in [0.3, 0.4) is 0 Å². The predicted molar refractivity (Wildman–Crippen MR) is 58.8 cm³/mol. The van der Waals surface area contributed by atoms with Gasteiger partial charge in [-0.25, -0.2) is 4.98 Å². The summed E-state index contributed by atoms with van der Waals surface area (Å²) < 4.78 is 2.00. The molecule has 1 aromatic rings. The Labute approximate surface area is 94.1 Å². The molecule has 5 heteroatoms. The van der Waals surface area contributed by atoms with Crippen LogP contribution in [0.4, 0.5) is 0 Å². The third-order valence-corrected chi connectivity index (χ3v) is 3.19. The van der Waals surface area contributed by atoms with Crippen LogP contribution in [0.1, 0.15) is 36.9 Å². The van der Waals surface area contributed by atoms with Gasteiger partial charge in [-0.2, -0.15) is 0 Å². The van der Waals surface area contributed by atoms with E-state index in [1.165, 1.54) is 0 Å². The lowest BCUT2D eigenvalue weighted by atomic mass is 10.2. The minimum atomic E-state index is -0.624. The van der Waals surface area contributed by atoms with E-state index >= 15 is 0 Å². The lowest BCUT2D eigenvalue weighted by Gasteiger charge is -2.13. The fourth-order valence-electron chi connectivity index (χ4n) is 1.97. The van der Waals surface area contributed by atoms with Crippen LogP contribution >= 0.6 is 11.6 Å². The Bertz CT molecular complexity index is 351. The lowest BCUT2D eigenvalue weighted by molar-refractivity contribution is 0.166. The first kappa shape index (κ1) is 10.9. The molecule has 0 saturated heterocycles. The van der Waals surface area contributed by atoms with E-state index in [0.717, 1.165) is 31.6 Å². The van der Waals surface area contributed by atoms with Gasteiger partial charge in [-0.1, -0.05) is 11.6 Å². The normalized spacial score (nSPS) is 17.5. The topological polar surface area (TPSA) is 64.1 Å². The minimum Gasteiger partial charge on any atom is -0.387 e. The highest BCUT2D eigenvalue weighted by Gasteiger charge is 2.22. The van der Waals surface area contributed by atoms with Crippen molar-refractivity contribution in [3.63, 3.8) is 0 Å². The Kier molecular flexibility index (Phi) is 3.29. The molecule has 1 atom stereocenters. The summed E-state index contributed by atoms with van der Waals surface area (Å²) in [7, 11) is 0. The highest BCUT2D eigenvalue weighted by atomic mass is 35.5.